The average molecular weight is 444 g/mol. The topological polar surface area (TPSA) is 84.1 Å². The number of thiophene rings is 1. The SMILES string of the molecule is Cc1sc2c(C(N)=O)cccc2c1-c1nc2c(c(NCc3ccccc3)n1)N(C)CCC2. The van der Waals surface area contributed by atoms with Crippen LogP contribution in [0.4, 0.5) is 11.5 Å². The van der Waals surface area contributed by atoms with Gasteiger partial charge in [-0.15, -0.1) is 11.3 Å². The molecule has 3 heterocycles. The smallest absolute Gasteiger partial charge is 0.250 e. The molecule has 3 N–H and O–H groups in total. The molecule has 7 heteroatoms. The van der Waals surface area contributed by atoms with Crippen LogP contribution in [0.5, 0.6) is 0 Å². The first kappa shape index (κ1) is 20.5. The maximum atomic E-state index is 12.0. The number of nitrogens with zero attached hydrogens (tertiary/aromatic N) is 3. The predicted octanol–water partition coefficient (Wildman–Crippen LogP) is 4.76. The molecule has 6 nitrogen and oxygen atoms in total. The predicted molar refractivity (Wildman–Crippen MR) is 131 cm³/mol. The maximum absolute atomic E-state index is 12.0. The molecule has 4 aromatic rings. The number of benzene rings is 2. The first-order valence-corrected chi connectivity index (χ1v) is 11.6. The molecular weight excluding hydrogens is 418 g/mol. The number of carbonyl (C=O) groups excluding carboxylic acids is 1. The van der Waals surface area contributed by atoms with E-state index in [2.05, 4.69) is 36.3 Å². The summed E-state index contributed by atoms with van der Waals surface area (Å²) < 4.78 is 0.893. The standard InChI is InChI=1S/C25H25N5OS/c1-15-20(17-10-6-11-18(23(26)31)22(17)32-15)24-28-19-12-7-13-30(2)21(19)25(29-24)27-14-16-8-4-3-5-9-16/h3-6,8-11H,7,12-14H2,1-2H3,(H2,26,31)(H,27,28,29). The number of hydrogen-bond acceptors (Lipinski definition) is 6. The fourth-order valence-electron chi connectivity index (χ4n) is 4.40. The lowest BCUT2D eigenvalue weighted by Gasteiger charge is -2.29. The molecule has 0 radical (unpaired) electrons. The summed E-state index contributed by atoms with van der Waals surface area (Å²) in [7, 11) is 2.10. The highest BCUT2D eigenvalue weighted by Gasteiger charge is 2.24. The third-order valence-corrected chi connectivity index (χ3v) is 7.08. The van der Waals surface area contributed by atoms with Crippen LogP contribution in [0.1, 0.15) is 32.9 Å². The van der Waals surface area contributed by atoms with Crippen LogP contribution >= 0.6 is 11.3 Å². The number of fused-ring (bicyclic) bond motifs is 2. The number of aromatic nitrogens is 2. The van der Waals surface area contributed by atoms with Gasteiger partial charge in [0.05, 0.1) is 11.3 Å². The van der Waals surface area contributed by atoms with Crippen LogP contribution in [0, 0.1) is 6.92 Å². The van der Waals surface area contributed by atoms with Crippen LogP contribution in [0.2, 0.25) is 0 Å². The Morgan fingerprint density at radius 1 is 1.16 bits per heavy atom. The number of nitrogens with one attached hydrogen (secondary N) is 1. The fourth-order valence-corrected chi connectivity index (χ4v) is 5.57. The van der Waals surface area contributed by atoms with Gasteiger partial charge in [0.1, 0.15) is 5.69 Å². The van der Waals surface area contributed by atoms with Crippen LogP contribution in [-0.4, -0.2) is 29.5 Å². The van der Waals surface area contributed by atoms with E-state index in [9.17, 15) is 4.79 Å². The minimum absolute atomic E-state index is 0.415. The molecule has 0 saturated carbocycles. The Labute approximate surface area is 191 Å². The van der Waals surface area contributed by atoms with Gasteiger partial charge in [-0.2, -0.15) is 0 Å². The molecule has 162 valence electrons. The highest BCUT2D eigenvalue weighted by molar-refractivity contribution is 7.20. The van der Waals surface area contributed by atoms with Crippen molar-refractivity contribution in [3.8, 4) is 11.4 Å². The second kappa shape index (κ2) is 8.24. The number of aryl methyl sites for hydroxylation is 2. The van der Waals surface area contributed by atoms with E-state index >= 15 is 0 Å². The largest absolute Gasteiger partial charge is 0.370 e. The number of hydrogen-bond donors (Lipinski definition) is 2. The normalized spacial score (nSPS) is 13.2. The summed E-state index contributed by atoms with van der Waals surface area (Å²) in [5.41, 5.74) is 10.5. The molecule has 2 aromatic carbocycles. The Morgan fingerprint density at radius 3 is 2.75 bits per heavy atom. The van der Waals surface area contributed by atoms with E-state index in [1.165, 1.54) is 5.56 Å². The lowest BCUT2D eigenvalue weighted by Crippen LogP contribution is -2.27. The first-order valence-electron chi connectivity index (χ1n) is 10.7. The van der Waals surface area contributed by atoms with E-state index < -0.39 is 5.91 Å². The number of amides is 1. The zero-order valence-corrected chi connectivity index (χ0v) is 19.0. The van der Waals surface area contributed by atoms with Gasteiger partial charge in [0.25, 0.3) is 0 Å². The second-order valence-electron chi connectivity index (χ2n) is 8.14. The number of anilines is 2. The van der Waals surface area contributed by atoms with E-state index in [4.69, 9.17) is 15.7 Å². The van der Waals surface area contributed by atoms with Gasteiger partial charge in [-0.1, -0.05) is 42.5 Å². The van der Waals surface area contributed by atoms with Crippen LogP contribution in [0.3, 0.4) is 0 Å². The zero-order valence-electron chi connectivity index (χ0n) is 18.2. The molecule has 1 aliphatic rings. The summed E-state index contributed by atoms with van der Waals surface area (Å²) in [5, 5.41) is 4.53. The lowest BCUT2D eigenvalue weighted by atomic mass is 10.0. The Kier molecular flexibility index (Phi) is 5.27. The number of primary amides is 1. The zero-order chi connectivity index (χ0) is 22.2. The highest BCUT2D eigenvalue weighted by atomic mass is 32.1. The number of nitrogens with two attached hydrogens (primary N) is 1. The molecule has 0 unspecified atom stereocenters. The van der Waals surface area contributed by atoms with E-state index in [-0.39, 0.29) is 0 Å². The van der Waals surface area contributed by atoms with Crippen molar-refractivity contribution in [3.05, 3.63) is 70.2 Å². The summed E-state index contributed by atoms with van der Waals surface area (Å²) in [5.74, 6) is 1.13. The van der Waals surface area contributed by atoms with Crippen LogP contribution in [0.15, 0.2) is 48.5 Å². The molecule has 2 aromatic heterocycles. The molecule has 5 rings (SSSR count). The fraction of sp³-hybridized carbons (Fsp3) is 0.240. The molecule has 32 heavy (non-hydrogen) atoms. The van der Waals surface area contributed by atoms with Crippen molar-refractivity contribution in [1.82, 2.24) is 9.97 Å². The van der Waals surface area contributed by atoms with Crippen molar-refractivity contribution in [2.45, 2.75) is 26.3 Å². The van der Waals surface area contributed by atoms with Gasteiger partial charge in [0.15, 0.2) is 11.6 Å². The van der Waals surface area contributed by atoms with Gasteiger partial charge in [-0.25, -0.2) is 9.97 Å². The van der Waals surface area contributed by atoms with E-state index in [0.717, 1.165) is 57.1 Å². The van der Waals surface area contributed by atoms with Crippen LogP contribution < -0.4 is 16.0 Å². The van der Waals surface area contributed by atoms with Gasteiger partial charge in [-0.05, 0) is 31.4 Å². The second-order valence-corrected chi connectivity index (χ2v) is 9.36. The van der Waals surface area contributed by atoms with Crippen LogP contribution in [0.25, 0.3) is 21.5 Å². The molecule has 0 aliphatic carbocycles. The Balaban J connectivity index is 1.65. The molecule has 1 aliphatic heterocycles. The van der Waals surface area contributed by atoms with E-state index in [1.807, 2.05) is 30.3 Å². The van der Waals surface area contributed by atoms with E-state index in [0.29, 0.717) is 17.9 Å². The Bertz CT molecular complexity index is 1320. The summed E-state index contributed by atoms with van der Waals surface area (Å²) in [6.07, 6.45) is 1.98. The molecule has 0 fully saturated rings. The summed E-state index contributed by atoms with van der Waals surface area (Å²) >= 11 is 1.57. The number of carbonyl (C=O) groups is 1. The summed E-state index contributed by atoms with van der Waals surface area (Å²) in [4.78, 5) is 25.3. The molecular formula is C25H25N5OS. The molecule has 0 atom stereocenters. The minimum Gasteiger partial charge on any atom is -0.370 e. The monoisotopic (exact) mass is 443 g/mol. The third-order valence-electron chi connectivity index (χ3n) is 5.93. The summed E-state index contributed by atoms with van der Waals surface area (Å²) in [6.45, 7) is 3.72. The van der Waals surface area contributed by atoms with Crippen molar-refractivity contribution in [1.29, 1.82) is 0 Å². The van der Waals surface area contributed by atoms with Gasteiger partial charge < -0.3 is 16.0 Å². The van der Waals surface area contributed by atoms with Crippen molar-refractivity contribution in [3.63, 3.8) is 0 Å². The van der Waals surface area contributed by atoms with Crippen molar-refractivity contribution >= 4 is 38.8 Å². The number of rotatable bonds is 5. The Morgan fingerprint density at radius 2 is 1.97 bits per heavy atom. The minimum atomic E-state index is -0.415. The van der Waals surface area contributed by atoms with Crippen molar-refractivity contribution < 1.29 is 4.79 Å². The van der Waals surface area contributed by atoms with Gasteiger partial charge in [0.2, 0.25) is 5.91 Å². The van der Waals surface area contributed by atoms with E-state index in [1.54, 1.807) is 17.4 Å². The maximum Gasteiger partial charge on any atom is 0.250 e. The molecule has 0 saturated heterocycles. The van der Waals surface area contributed by atoms with Crippen molar-refractivity contribution in [2.75, 3.05) is 23.8 Å². The third kappa shape index (κ3) is 3.58. The molecule has 0 bridgehead atoms. The van der Waals surface area contributed by atoms with Gasteiger partial charge in [0, 0.05) is 40.7 Å². The van der Waals surface area contributed by atoms with Gasteiger partial charge >= 0.3 is 0 Å². The summed E-state index contributed by atoms with van der Waals surface area (Å²) in [6, 6.07) is 16.0. The Hall–Kier alpha value is -3.45. The molecule has 0 spiro atoms. The van der Waals surface area contributed by atoms with Crippen molar-refractivity contribution in [2.24, 2.45) is 5.73 Å². The van der Waals surface area contributed by atoms with Gasteiger partial charge in [-0.3, -0.25) is 4.79 Å². The lowest BCUT2D eigenvalue weighted by molar-refractivity contribution is 0.100. The molecule has 1 amide bonds. The average Bonchev–Trinajstić information content (AvgIpc) is 3.13. The first-order chi connectivity index (χ1) is 15.5. The highest BCUT2D eigenvalue weighted by Crippen LogP contribution is 2.41. The quantitative estimate of drug-likeness (QED) is 0.465. The van der Waals surface area contributed by atoms with Crippen LogP contribution in [-0.2, 0) is 13.0 Å².